The molecule has 2 rings (SSSR count). The van der Waals surface area contributed by atoms with Crippen LogP contribution in [0.15, 0.2) is 6.07 Å². The average molecular weight is 315 g/mol. The molecule has 0 aliphatic carbocycles. The van der Waals surface area contributed by atoms with Crippen LogP contribution in [0.3, 0.4) is 0 Å². The number of aryl methyl sites for hydroxylation is 1. The average Bonchev–Trinajstić information content (AvgIpc) is 2.79. The van der Waals surface area contributed by atoms with E-state index in [4.69, 9.17) is 18.0 Å². The quantitative estimate of drug-likeness (QED) is 0.839. The summed E-state index contributed by atoms with van der Waals surface area (Å²) in [4.78, 5) is 14.7. The topological polar surface area (TPSA) is 55.1 Å². The smallest absolute Gasteiger partial charge is 0.261 e. The normalized spacial score (nSPS) is 14.8. The van der Waals surface area contributed by atoms with Gasteiger partial charge in [-0.3, -0.25) is 4.79 Å². The second-order valence-electron chi connectivity index (χ2n) is 5.29. The number of hydrogen-bond acceptors (Lipinski definition) is 4. The van der Waals surface area contributed by atoms with Crippen molar-refractivity contribution >= 4 is 46.2 Å². The molecule has 0 saturated carbocycles. The Morgan fingerprint density at radius 1 is 1.58 bits per heavy atom. The third-order valence-electron chi connectivity index (χ3n) is 3.21. The Morgan fingerprint density at radius 2 is 2.32 bits per heavy atom. The number of rotatable bonds is 4. The Bertz CT molecular complexity index is 484. The van der Waals surface area contributed by atoms with Crippen molar-refractivity contribution in [2.75, 3.05) is 12.3 Å². The molecule has 0 fully saturated rings. The number of fused-ring (bicyclic) bond motifs is 1. The molecule has 1 aromatic heterocycles. The second kappa shape index (κ2) is 5.81. The number of thiophene rings is 1. The Kier molecular flexibility index (Phi) is 4.53. The van der Waals surface area contributed by atoms with Crippen molar-refractivity contribution in [2.45, 2.75) is 26.0 Å². The summed E-state index contributed by atoms with van der Waals surface area (Å²) in [6.07, 6.45) is 1.08. The predicted molar refractivity (Wildman–Crippen MR) is 87.1 cm³/mol. The van der Waals surface area contributed by atoms with Gasteiger partial charge in [0.05, 0.1) is 9.87 Å². The van der Waals surface area contributed by atoms with Crippen molar-refractivity contribution in [3.05, 3.63) is 21.4 Å². The first-order chi connectivity index (χ1) is 8.90. The van der Waals surface area contributed by atoms with Crippen molar-refractivity contribution in [3.63, 3.8) is 0 Å². The van der Waals surface area contributed by atoms with Gasteiger partial charge in [-0.15, -0.1) is 11.3 Å². The van der Waals surface area contributed by atoms with Crippen molar-refractivity contribution in [1.82, 2.24) is 5.32 Å². The number of thiocarbonyl (C=S) groups is 1. The number of carbonyl (C=O) groups excluding carboxylic acids is 1. The largest absolute Gasteiger partial charge is 0.393 e. The minimum Gasteiger partial charge on any atom is -0.393 e. The van der Waals surface area contributed by atoms with Gasteiger partial charge in [-0.05, 0) is 23.8 Å². The summed E-state index contributed by atoms with van der Waals surface area (Å²) in [6, 6.07) is 2.02. The van der Waals surface area contributed by atoms with Gasteiger partial charge in [0.25, 0.3) is 5.91 Å². The van der Waals surface area contributed by atoms with Gasteiger partial charge in [-0.1, -0.05) is 26.1 Å². The Hall–Kier alpha value is -0.590. The number of nitrogens with two attached hydrogens (primary N) is 1. The molecule has 0 radical (unpaired) electrons. The number of hydrogen-bond donors (Lipinski definition) is 2. The van der Waals surface area contributed by atoms with Gasteiger partial charge < -0.3 is 11.1 Å². The highest BCUT2D eigenvalue weighted by molar-refractivity contribution is 7.98. The molecule has 0 unspecified atom stereocenters. The van der Waals surface area contributed by atoms with Gasteiger partial charge in [0.1, 0.15) is 0 Å². The molecule has 6 heteroatoms. The predicted octanol–water partition coefficient (Wildman–Crippen LogP) is 2.58. The minimum atomic E-state index is -0.349. The minimum absolute atomic E-state index is 0.0197. The van der Waals surface area contributed by atoms with E-state index in [0.717, 1.165) is 22.8 Å². The van der Waals surface area contributed by atoms with Crippen molar-refractivity contribution in [1.29, 1.82) is 0 Å². The van der Waals surface area contributed by atoms with Crippen LogP contribution in [0.1, 0.15) is 34.0 Å². The van der Waals surface area contributed by atoms with Gasteiger partial charge in [-0.2, -0.15) is 11.8 Å². The fourth-order valence-corrected chi connectivity index (χ4v) is 4.10. The zero-order valence-electron chi connectivity index (χ0n) is 11.1. The fraction of sp³-hybridized carbons (Fsp3) is 0.538. The number of nitrogens with one attached hydrogen (secondary N) is 1. The monoisotopic (exact) mass is 314 g/mol. The lowest BCUT2D eigenvalue weighted by Crippen LogP contribution is -2.41. The summed E-state index contributed by atoms with van der Waals surface area (Å²) in [6.45, 7) is 4.34. The van der Waals surface area contributed by atoms with E-state index >= 15 is 0 Å². The highest BCUT2D eigenvalue weighted by atomic mass is 32.2. The number of carbonyl (C=O) groups is 1. The Labute approximate surface area is 127 Å². The molecule has 1 aromatic rings. The molecule has 1 amide bonds. The lowest BCUT2D eigenvalue weighted by atomic mass is 9.93. The fourth-order valence-electron chi connectivity index (χ4n) is 1.73. The van der Waals surface area contributed by atoms with E-state index < -0.39 is 0 Å². The lowest BCUT2D eigenvalue weighted by Gasteiger charge is -2.23. The van der Waals surface area contributed by atoms with Crippen LogP contribution in [-0.4, -0.2) is 23.2 Å². The first-order valence-corrected chi connectivity index (χ1v) is 8.55. The molecule has 0 bridgehead atoms. The van der Waals surface area contributed by atoms with Crippen LogP contribution in [-0.2, 0) is 12.2 Å². The molecule has 3 N–H and O–H groups in total. The first-order valence-electron chi connectivity index (χ1n) is 6.17. The molecule has 1 aliphatic heterocycles. The first kappa shape index (κ1) is 14.8. The van der Waals surface area contributed by atoms with E-state index in [2.05, 4.69) is 5.32 Å². The van der Waals surface area contributed by atoms with Crippen LogP contribution < -0.4 is 11.1 Å². The summed E-state index contributed by atoms with van der Waals surface area (Å²) in [5, 5.41) is 2.93. The third kappa shape index (κ3) is 3.49. The summed E-state index contributed by atoms with van der Waals surface area (Å²) >= 11 is 8.54. The summed E-state index contributed by atoms with van der Waals surface area (Å²) in [7, 11) is 0. The molecule has 0 aromatic carbocycles. The maximum atomic E-state index is 12.1. The van der Waals surface area contributed by atoms with Crippen LogP contribution in [0.5, 0.6) is 0 Å². The number of thioether (sulfide) groups is 1. The van der Waals surface area contributed by atoms with E-state index in [-0.39, 0.29) is 11.3 Å². The molecule has 104 valence electrons. The van der Waals surface area contributed by atoms with Crippen molar-refractivity contribution in [3.8, 4) is 0 Å². The highest BCUT2D eigenvalue weighted by Crippen LogP contribution is 2.31. The van der Waals surface area contributed by atoms with E-state index in [1.807, 2.05) is 31.7 Å². The Balaban J connectivity index is 2.00. The molecular weight excluding hydrogens is 296 g/mol. The van der Waals surface area contributed by atoms with E-state index in [1.54, 1.807) is 11.3 Å². The lowest BCUT2D eigenvalue weighted by molar-refractivity contribution is 0.0949. The zero-order valence-corrected chi connectivity index (χ0v) is 13.6. The van der Waals surface area contributed by atoms with Crippen molar-refractivity contribution in [2.24, 2.45) is 11.1 Å². The molecule has 1 aliphatic rings. The van der Waals surface area contributed by atoms with E-state index in [0.29, 0.717) is 11.5 Å². The van der Waals surface area contributed by atoms with Crippen molar-refractivity contribution < 1.29 is 4.79 Å². The van der Waals surface area contributed by atoms with E-state index in [9.17, 15) is 4.79 Å². The standard InChI is InChI=1S/C13H18N2OS3/c1-13(2,12(14)17)7-15-11(16)10-5-8-6-18-4-3-9(8)19-10/h5H,3-4,6-7H2,1-2H3,(H2,14,17)(H,15,16). The molecule has 0 saturated heterocycles. The van der Waals surface area contributed by atoms with Crippen LogP contribution in [0.2, 0.25) is 0 Å². The summed E-state index contributed by atoms with van der Waals surface area (Å²) in [5.74, 6) is 2.16. The third-order valence-corrected chi connectivity index (χ3v) is 6.01. The molecule has 0 atom stereocenters. The summed E-state index contributed by atoms with van der Waals surface area (Å²) < 4.78 is 0. The number of amides is 1. The maximum absolute atomic E-state index is 12.1. The van der Waals surface area contributed by atoms with Crippen LogP contribution in [0.4, 0.5) is 0 Å². The molecule has 2 heterocycles. The molecule has 3 nitrogen and oxygen atoms in total. The highest BCUT2D eigenvalue weighted by Gasteiger charge is 2.23. The van der Waals surface area contributed by atoms with Gasteiger partial charge in [0.15, 0.2) is 0 Å². The van der Waals surface area contributed by atoms with Gasteiger partial charge in [-0.25, -0.2) is 0 Å². The Morgan fingerprint density at radius 3 is 2.95 bits per heavy atom. The SMILES string of the molecule is CC(C)(CNC(=O)c1cc2c(s1)CCSC2)C(N)=S. The van der Waals surface area contributed by atoms with Crippen LogP contribution in [0, 0.1) is 5.41 Å². The molecular formula is C13H18N2OS3. The zero-order chi connectivity index (χ0) is 14.0. The van der Waals surface area contributed by atoms with Crippen LogP contribution >= 0.6 is 35.3 Å². The van der Waals surface area contributed by atoms with Gasteiger partial charge in [0.2, 0.25) is 0 Å². The molecule has 0 spiro atoms. The van der Waals surface area contributed by atoms with Gasteiger partial charge >= 0.3 is 0 Å². The van der Waals surface area contributed by atoms with E-state index in [1.165, 1.54) is 10.4 Å². The summed E-state index contributed by atoms with van der Waals surface area (Å²) in [5.41, 5.74) is 6.62. The maximum Gasteiger partial charge on any atom is 0.261 e. The van der Waals surface area contributed by atoms with Gasteiger partial charge in [0, 0.05) is 22.6 Å². The second-order valence-corrected chi connectivity index (χ2v) is 7.97. The molecule has 19 heavy (non-hydrogen) atoms. The van der Waals surface area contributed by atoms with Crippen LogP contribution in [0.25, 0.3) is 0 Å².